The smallest absolute Gasteiger partial charge is 0.229 e. The third-order valence-electron chi connectivity index (χ3n) is 4.72. The van der Waals surface area contributed by atoms with E-state index in [-0.39, 0.29) is 11.9 Å². The van der Waals surface area contributed by atoms with Gasteiger partial charge in [-0.3, -0.25) is 4.79 Å². The van der Waals surface area contributed by atoms with E-state index >= 15 is 0 Å². The molecular weight excluding hydrogens is 352 g/mol. The van der Waals surface area contributed by atoms with Gasteiger partial charge in [0.05, 0.1) is 11.6 Å². The van der Waals surface area contributed by atoms with Crippen molar-refractivity contribution in [1.82, 2.24) is 15.3 Å². The number of nitriles is 1. The van der Waals surface area contributed by atoms with Gasteiger partial charge in [0.15, 0.2) is 0 Å². The number of benzene rings is 1. The zero-order valence-corrected chi connectivity index (χ0v) is 16.4. The standard InChI is InChI=1S/C21H26N6O/c1-3-6-16-12-19(27-10-9-18(14-27)23-20(28)4-2)26-21(24-16)25-17-8-5-7-15(11-17)13-22/h5,7-8,11-12,18H,3-4,6,9-10,14H2,1-2H3,(H,23,28)(H,24,25,26)/t18-/m0/s1. The molecule has 1 aromatic heterocycles. The zero-order chi connectivity index (χ0) is 19.9. The second-order valence-electron chi connectivity index (χ2n) is 6.96. The largest absolute Gasteiger partial charge is 0.354 e. The van der Waals surface area contributed by atoms with Crippen LogP contribution in [0.5, 0.6) is 0 Å². The third kappa shape index (κ3) is 4.97. The van der Waals surface area contributed by atoms with Gasteiger partial charge < -0.3 is 15.5 Å². The molecule has 1 aromatic carbocycles. The molecule has 3 rings (SSSR count). The van der Waals surface area contributed by atoms with Gasteiger partial charge in [-0.15, -0.1) is 0 Å². The van der Waals surface area contributed by atoms with E-state index in [0.717, 1.165) is 49.6 Å². The van der Waals surface area contributed by atoms with Gasteiger partial charge in [0.2, 0.25) is 11.9 Å². The third-order valence-corrected chi connectivity index (χ3v) is 4.72. The monoisotopic (exact) mass is 378 g/mol. The normalized spacial score (nSPS) is 15.9. The summed E-state index contributed by atoms with van der Waals surface area (Å²) in [5.41, 5.74) is 2.35. The Morgan fingerprint density at radius 2 is 2.18 bits per heavy atom. The molecule has 1 saturated heterocycles. The van der Waals surface area contributed by atoms with E-state index < -0.39 is 0 Å². The number of carbonyl (C=O) groups is 1. The first-order valence-corrected chi connectivity index (χ1v) is 9.80. The van der Waals surface area contributed by atoms with Crippen molar-refractivity contribution in [2.24, 2.45) is 0 Å². The van der Waals surface area contributed by atoms with Gasteiger partial charge in [0, 0.05) is 43.0 Å². The molecule has 0 radical (unpaired) electrons. The number of hydrogen-bond donors (Lipinski definition) is 2. The van der Waals surface area contributed by atoms with Crippen LogP contribution in [0.25, 0.3) is 0 Å². The summed E-state index contributed by atoms with van der Waals surface area (Å²) in [6, 6.07) is 11.6. The van der Waals surface area contributed by atoms with E-state index in [9.17, 15) is 4.79 Å². The van der Waals surface area contributed by atoms with Crippen LogP contribution in [0.1, 0.15) is 44.4 Å². The topological polar surface area (TPSA) is 93.9 Å². The Bertz CT molecular complexity index is 875. The highest BCUT2D eigenvalue weighted by atomic mass is 16.1. The molecule has 0 bridgehead atoms. The molecule has 0 saturated carbocycles. The van der Waals surface area contributed by atoms with Gasteiger partial charge in [-0.2, -0.15) is 10.2 Å². The summed E-state index contributed by atoms with van der Waals surface area (Å²) in [7, 11) is 0. The maximum Gasteiger partial charge on any atom is 0.229 e. The van der Waals surface area contributed by atoms with Gasteiger partial charge in [0.25, 0.3) is 0 Å². The van der Waals surface area contributed by atoms with Gasteiger partial charge >= 0.3 is 0 Å². The number of nitrogens with zero attached hydrogens (tertiary/aromatic N) is 4. The molecule has 0 unspecified atom stereocenters. The average Bonchev–Trinajstić information content (AvgIpc) is 3.16. The molecule has 2 aromatic rings. The fourth-order valence-electron chi connectivity index (χ4n) is 3.30. The van der Waals surface area contributed by atoms with Gasteiger partial charge in [0.1, 0.15) is 5.82 Å². The molecule has 7 nitrogen and oxygen atoms in total. The molecule has 1 amide bonds. The van der Waals surface area contributed by atoms with Gasteiger partial charge in [-0.25, -0.2) is 4.98 Å². The molecule has 0 spiro atoms. The quantitative estimate of drug-likeness (QED) is 0.769. The Morgan fingerprint density at radius 3 is 2.93 bits per heavy atom. The van der Waals surface area contributed by atoms with Crippen molar-refractivity contribution in [2.75, 3.05) is 23.3 Å². The Labute approximate surface area is 165 Å². The maximum atomic E-state index is 11.7. The highest BCUT2D eigenvalue weighted by Crippen LogP contribution is 2.23. The van der Waals surface area contributed by atoms with E-state index in [2.05, 4.69) is 33.5 Å². The summed E-state index contributed by atoms with van der Waals surface area (Å²) in [6.45, 7) is 5.58. The average molecular weight is 378 g/mol. The highest BCUT2D eigenvalue weighted by molar-refractivity contribution is 5.76. The summed E-state index contributed by atoms with van der Waals surface area (Å²) in [5, 5.41) is 15.4. The molecule has 2 N–H and O–H groups in total. The molecule has 1 fully saturated rings. The van der Waals surface area contributed by atoms with Crippen molar-refractivity contribution in [1.29, 1.82) is 5.26 Å². The van der Waals surface area contributed by atoms with Crippen molar-refractivity contribution in [3.8, 4) is 6.07 Å². The van der Waals surface area contributed by atoms with Crippen LogP contribution in [-0.2, 0) is 11.2 Å². The lowest BCUT2D eigenvalue weighted by Gasteiger charge is -2.19. The predicted molar refractivity (Wildman–Crippen MR) is 110 cm³/mol. The van der Waals surface area contributed by atoms with Crippen LogP contribution in [0.4, 0.5) is 17.5 Å². The molecule has 1 aliphatic heterocycles. The van der Waals surface area contributed by atoms with Crippen molar-refractivity contribution in [3.05, 3.63) is 41.6 Å². The van der Waals surface area contributed by atoms with Crippen molar-refractivity contribution >= 4 is 23.4 Å². The number of anilines is 3. The van der Waals surface area contributed by atoms with Crippen LogP contribution in [0.15, 0.2) is 30.3 Å². The SMILES string of the molecule is CCCc1cc(N2CC[C@H](NC(=O)CC)C2)nc(Nc2cccc(C#N)c2)n1. The number of amides is 1. The highest BCUT2D eigenvalue weighted by Gasteiger charge is 2.25. The van der Waals surface area contributed by atoms with Crippen LogP contribution >= 0.6 is 0 Å². The first-order valence-electron chi connectivity index (χ1n) is 9.80. The van der Waals surface area contributed by atoms with Crippen molar-refractivity contribution in [2.45, 2.75) is 45.6 Å². The Morgan fingerprint density at radius 1 is 1.32 bits per heavy atom. The first kappa shape index (κ1) is 19.6. The number of nitrogens with one attached hydrogen (secondary N) is 2. The lowest BCUT2D eigenvalue weighted by molar-refractivity contribution is -0.121. The van der Waals surface area contributed by atoms with Crippen molar-refractivity contribution < 1.29 is 4.79 Å². The number of aryl methyl sites for hydroxylation is 1. The molecular formula is C21H26N6O. The van der Waals surface area contributed by atoms with Crippen LogP contribution in [0, 0.1) is 11.3 Å². The predicted octanol–water partition coefficient (Wildman–Crippen LogP) is 3.15. The molecule has 146 valence electrons. The van der Waals surface area contributed by atoms with Gasteiger partial charge in [-0.05, 0) is 31.0 Å². The molecule has 1 atom stereocenters. The van der Waals surface area contributed by atoms with Crippen LogP contribution in [0.2, 0.25) is 0 Å². The van der Waals surface area contributed by atoms with E-state index in [0.29, 0.717) is 17.9 Å². The van der Waals surface area contributed by atoms with Crippen LogP contribution < -0.4 is 15.5 Å². The molecule has 0 aliphatic carbocycles. The number of rotatable bonds is 7. The second-order valence-corrected chi connectivity index (χ2v) is 6.96. The van der Waals surface area contributed by atoms with E-state index in [1.807, 2.05) is 25.1 Å². The maximum absolute atomic E-state index is 11.7. The molecule has 1 aliphatic rings. The van der Waals surface area contributed by atoms with Crippen LogP contribution in [-0.4, -0.2) is 35.0 Å². The number of carbonyl (C=O) groups excluding carboxylic acids is 1. The molecule has 28 heavy (non-hydrogen) atoms. The minimum Gasteiger partial charge on any atom is -0.354 e. The second kappa shape index (κ2) is 9.18. The van der Waals surface area contributed by atoms with E-state index in [4.69, 9.17) is 10.2 Å². The van der Waals surface area contributed by atoms with E-state index in [1.54, 1.807) is 12.1 Å². The Hall–Kier alpha value is -3.14. The zero-order valence-electron chi connectivity index (χ0n) is 16.4. The van der Waals surface area contributed by atoms with Gasteiger partial charge in [-0.1, -0.05) is 26.3 Å². The first-order chi connectivity index (χ1) is 13.6. The molecule has 2 heterocycles. The Kier molecular flexibility index (Phi) is 6.43. The number of aromatic nitrogens is 2. The summed E-state index contributed by atoms with van der Waals surface area (Å²) in [5.74, 6) is 1.48. The summed E-state index contributed by atoms with van der Waals surface area (Å²) in [4.78, 5) is 23.2. The molecule has 7 heteroatoms. The van der Waals surface area contributed by atoms with E-state index in [1.165, 1.54) is 0 Å². The van der Waals surface area contributed by atoms with Crippen LogP contribution in [0.3, 0.4) is 0 Å². The fourth-order valence-corrected chi connectivity index (χ4v) is 3.30. The minimum atomic E-state index is 0.0842. The lowest BCUT2D eigenvalue weighted by Crippen LogP contribution is -2.36. The number of hydrogen-bond acceptors (Lipinski definition) is 6. The van der Waals surface area contributed by atoms with Crippen molar-refractivity contribution in [3.63, 3.8) is 0 Å². The fraction of sp³-hybridized carbons (Fsp3) is 0.429. The minimum absolute atomic E-state index is 0.0842. The summed E-state index contributed by atoms with van der Waals surface area (Å²) < 4.78 is 0. The summed E-state index contributed by atoms with van der Waals surface area (Å²) in [6.07, 6.45) is 3.27. The lowest BCUT2D eigenvalue weighted by atomic mass is 10.2. The summed E-state index contributed by atoms with van der Waals surface area (Å²) >= 11 is 0. The Balaban J connectivity index is 1.80.